The van der Waals surface area contributed by atoms with Crippen molar-refractivity contribution in [3.8, 4) is 0 Å². The van der Waals surface area contributed by atoms with Crippen LogP contribution in [0.15, 0.2) is 29.2 Å². The highest BCUT2D eigenvalue weighted by atomic mass is 32.2. The molecule has 0 radical (unpaired) electrons. The van der Waals surface area contributed by atoms with Gasteiger partial charge in [0.1, 0.15) is 0 Å². The van der Waals surface area contributed by atoms with E-state index >= 15 is 0 Å². The molecule has 0 aliphatic heterocycles. The topological polar surface area (TPSA) is 63.2 Å². The van der Waals surface area contributed by atoms with Gasteiger partial charge in [-0.1, -0.05) is 32.1 Å². The van der Waals surface area contributed by atoms with Crippen LogP contribution in [0.2, 0.25) is 0 Å². The number of carbonyl (C=O) groups is 1. The molecule has 2 saturated carbocycles. The summed E-state index contributed by atoms with van der Waals surface area (Å²) in [6, 6.07) is 6.68. The molecule has 2 aliphatic rings. The van der Waals surface area contributed by atoms with Gasteiger partial charge in [-0.25, -0.2) is 8.42 Å². The number of hydrogen-bond acceptors (Lipinski definition) is 3. The summed E-state index contributed by atoms with van der Waals surface area (Å²) in [6.07, 6.45) is 8.91. The Morgan fingerprint density at radius 1 is 0.870 bits per heavy atom. The van der Waals surface area contributed by atoms with Crippen molar-refractivity contribution in [1.29, 1.82) is 0 Å². The summed E-state index contributed by atoms with van der Waals surface area (Å²) in [7, 11) is -3.22. The Morgan fingerprint density at radius 3 is 2.04 bits per heavy atom. The molecule has 5 heteroatoms. The molecule has 0 aromatic heterocycles. The van der Waals surface area contributed by atoms with E-state index in [-0.39, 0.29) is 17.1 Å². The van der Waals surface area contributed by atoms with Gasteiger partial charge in [0, 0.05) is 11.6 Å². The van der Waals surface area contributed by atoms with Crippen LogP contribution in [-0.2, 0) is 14.6 Å². The van der Waals surface area contributed by atoms with E-state index in [1.54, 1.807) is 24.3 Å². The van der Waals surface area contributed by atoms with Gasteiger partial charge in [0.25, 0.3) is 0 Å². The fraction of sp³-hybridized carbons (Fsp3) is 0.611. The van der Waals surface area contributed by atoms with Gasteiger partial charge < -0.3 is 5.32 Å². The fourth-order valence-corrected chi connectivity index (χ4v) is 5.58. The second kappa shape index (κ2) is 7.04. The summed E-state index contributed by atoms with van der Waals surface area (Å²) in [4.78, 5) is 12.6. The highest BCUT2D eigenvalue weighted by Gasteiger charge is 2.30. The summed E-state index contributed by atoms with van der Waals surface area (Å²) < 4.78 is 25.1. The fourth-order valence-electron chi connectivity index (χ4n) is 3.73. The zero-order valence-corrected chi connectivity index (χ0v) is 14.3. The van der Waals surface area contributed by atoms with Crippen LogP contribution in [0.4, 0.5) is 5.69 Å². The van der Waals surface area contributed by atoms with Crippen LogP contribution in [-0.4, -0.2) is 19.6 Å². The number of anilines is 1. The lowest BCUT2D eigenvalue weighted by Crippen LogP contribution is -2.24. The van der Waals surface area contributed by atoms with Crippen molar-refractivity contribution in [3.05, 3.63) is 24.3 Å². The lowest BCUT2D eigenvalue weighted by Gasteiger charge is -2.20. The van der Waals surface area contributed by atoms with Crippen LogP contribution in [0.25, 0.3) is 0 Å². The van der Waals surface area contributed by atoms with Crippen molar-refractivity contribution >= 4 is 21.4 Å². The largest absolute Gasteiger partial charge is 0.326 e. The minimum Gasteiger partial charge on any atom is -0.326 e. The van der Waals surface area contributed by atoms with Crippen LogP contribution in [0.5, 0.6) is 0 Å². The average Bonchev–Trinajstić information content (AvgIpc) is 3.11. The van der Waals surface area contributed by atoms with Crippen molar-refractivity contribution < 1.29 is 13.2 Å². The van der Waals surface area contributed by atoms with Gasteiger partial charge in [-0.3, -0.25) is 4.79 Å². The predicted molar refractivity (Wildman–Crippen MR) is 91.1 cm³/mol. The van der Waals surface area contributed by atoms with Gasteiger partial charge in [0.2, 0.25) is 5.91 Å². The van der Waals surface area contributed by atoms with E-state index < -0.39 is 9.84 Å². The molecule has 0 unspecified atom stereocenters. The molecule has 0 atom stereocenters. The summed E-state index contributed by atoms with van der Waals surface area (Å²) in [6.45, 7) is 0. The number of carbonyl (C=O) groups excluding carboxylic acids is 1. The molecule has 0 saturated heterocycles. The lowest BCUT2D eigenvalue weighted by molar-refractivity contribution is -0.120. The third kappa shape index (κ3) is 3.77. The maximum absolute atomic E-state index is 12.5. The normalized spacial score (nSPS) is 20.5. The predicted octanol–water partition coefficient (Wildman–Crippen LogP) is 3.92. The van der Waals surface area contributed by atoms with E-state index in [0.29, 0.717) is 10.6 Å². The number of benzene rings is 1. The molecule has 1 aromatic rings. The van der Waals surface area contributed by atoms with E-state index in [2.05, 4.69) is 5.32 Å². The Hall–Kier alpha value is -1.36. The molecule has 4 nitrogen and oxygen atoms in total. The molecule has 0 heterocycles. The first-order valence-electron chi connectivity index (χ1n) is 8.72. The number of hydrogen-bond donors (Lipinski definition) is 1. The van der Waals surface area contributed by atoms with E-state index in [1.807, 2.05) is 0 Å². The minimum absolute atomic E-state index is 0.0658. The third-order valence-corrected chi connectivity index (χ3v) is 7.45. The Bertz CT molecular complexity index is 639. The number of nitrogens with one attached hydrogen (secondary N) is 1. The second-order valence-corrected chi connectivity index (χ2v) is 9.03. The van der Waals surface area contributed by atoms with E-state index in [4.69, 9.17) is 0 Å². The molecule has 2 aliphatic carbocycles. The molecular weight excluding hydrogens is 310 g/mol. The van der Waals surface area contributed by atoms with Crippen LogP contribution < -0.4 is 5.32 Å². The average molecular weight is 335 g/mol. The highest BCUT2D eigenvalue weighted by Crippen LogP contribution is 2.30. The Morgan fingerprint density at radius 2 is 1.43 bits per heavy atom. The molecule has 1 aromatic carbocycles. The van der Waals surface area contributed by atoms with Gasteiger partial charge in [-0.15, -0.1) is 0 Å². The number of sulfone groups is 1. The highest BCUT2D eigenvalue weighted by molar-refractivity contribution is 7.92. The molecule has 2 fully saturated rings. The Labute approximate surface area is 138 Å². The van der Waals surface area contributed by atoms with Crippen molar-refractivity contribution in [2.75, 3.05) is 5.32 Å². The van der Waals surface area contributed by atoms with Crippen molar-refractivity contribution in [2.24, 2.45) is 5.92 Å². The number of rotatable bonds is 4. The Balaban J connectivity index is 1.66. The smallest absolute Gasteiger partial charge is 0.227 e. The van der Waals surface area contributed by atoms with E-state index in [1.165, 1.54) is 6.42 Å². The van der Waals surface area contributed by atoms with Crippen LogP contribution in [0.3, 0.4) is 0 Å². The van der Waals surface area contributed by atoms with Crippen LogP contribution >= 0.6 is 0 Å². The zero-order valence-electron chi connectivity index (χ0n) is 13.5. The van der Waals surface area contributed by atoms with Gasteiger partial charge in [-0.05, 0) is 49.9 Å². The zero-order chi connectivity index (χ0) is 16.3. The summed E-state index contributed by atoms with van der Waals surface area (Å²) in [5.74, 6) is 0.168. The molecule has 0 spiro atoms. The first kappa shape index (κ1) is 16.5. The Kier molecular flexibility index (Phi) is 5.05. The van der Waals surface area contributed by atoms with Gasteiger partial charge >= 0.3 is 0 Å². The van der Waals surface area contributed by atoms with E-state index in [0.717, 1.165) is 51.4 Å². The maximum atomic E-state index is 12.5. The van der Waals surface area contributed by atoms with E-state index in [9.17, 15) is 13.2 Å². The van der Waals surface area contributed by atoms with Crippen LogP contribution in [0, 0.1) is 5.92 Å². The van der Waals surface area contributed by atoms with Crippen molar-refractivity contribution in [3.63, 3.8) is 0 Å². The maximum Gasteiger partial charge on any atom is 0.227 e. The molecule has 126 valence electrons. The SMILES string of the molecule is O=C(Nc1ccc(S(=O)(=O)C2CCCC2)cc1)C1CCCCC1. The quantitative estimate of drug-likeness (QED) is 0.907. The first-order valence-corrected chi connectivity index (χ1v) is 10.3. The first-order chi connectivity index (χ1) is 11.1. The summed E-state index contributed by atoms with van der Waals surface area (Å²) >= 11 is 0. The molecule has 23 heavy (non-hydrogen) atoms. The summed E-state index contributed by atoms with van der Waals surface area (Å²) in [5, 5.41) is 2.69. The third-order valence-electron chi connectivity index (χ3n) is 5.17. The van der Waals surface area contributed by atoms with Gasteiger partial charge in [0.05, 0.1) is 10.1 Å². The summed E-state index contributed by atoms with van der Waals surface area (Å²) in [5.41, 5.74) is 0.686. The molecule has 1 amide bonds. The van der Waals surface area contributed by atoms with Gasteiger partial charge in [0.15, 0.2) is 9.84 Å². The minimum atomic E-state index is -3.22. The van der Waals surface area contributed by atoms with Gasteiger partial charge in [-0.2, -0.15) is 0 Å². The standard InChI is InChI=1S/C18H25NO3S/c20-18(14-6-2-1-3-7-14)19-15-10-12-17(13-11-15)23(21,22)16-8-4-5-9-16/h10-14,16H,1-9H2,(H,19,20). The molecule has 3 rings (SSSR count). The number of amides is 1. The molecule has 0 bridgehead atoms. The monoisotopic (exact) mass is 335 g/mol. The van der Waals surface area contributed by atoms with Crippen molar-refractivity contribution in [1.82, 2.24) is 0 Å². The van der Waals surface area contributed by atoms with Crippen molar-refractivity contribution in [2.45, 2.75) is 67.9 Å². The molecular formula is C18H25NO3S. The lowest BCUT2D eigenvalue weighted by atomic mass is 9.88. The second-order valence-electron chi connectivity index (χ2n) is 6.80. The molecule has 1 N–H and O–H groups in total. The van der Waals surface area contributed by atoms with Crippen LogP contribution in [0.1, 0.15) is 57.8 Å².